The van der Waals surface area contributed by atoms with E-state index in [2.05, 4.69) is 0 Å². The zero-order valence-corrected chi connectivity index (χ0v) is 9.01. The fourth-order valence-electron chi connectivity index (χ4n) is 1.22. The van der Waals surface area contributed by atoms with E-state index in [1.807, 2.05) is 0 Å². The van der Waals surface area contributed by atoms with Crippen molar-refractivity contribution in [1.82, 2.24) is 0 Å². The molecule has 0 aromatic carbocycles. The van der Waals surface area contributed by atoms with Crippen LogP contribution in [-0.2, 0) is 9.53 Å². The van der Waals surface area contributed by atoms with Gasteiger partial charge in [0.25, 0.3) is 0 Å². The maximum atomic E-state index is 11.4. The van der Waals surface area contributed by atoms with E-state index in [0.29, 0.717) is 16.9 Å². The molecule has 0 aromatic rings. The lowest BCUT2D eigenvalue weighted by molar-refractivity contribution is -0.132. The number of hydrogen-bond donors (Lipinski definition) is 2. The van der Waals surface area contributed by atoms with Crippen LogP contribution in [0.25, 0.3) is 0 Å². The molecule has 0 amide bonds. The summed E-state index contributed by atoms with van der Waals surface area (Å²) in [6, 6.07) is 0. The Morgan fingerprint density at radius 2 is 2.19 bits per heavy atom. The summed E-state index contributed by atoms with van der Waals surface area (Å²) >= 11 is 0. The summed E-state index contributed by atoms with van der Waals surface area (Å²) in [6.07, 6.45) is 7.87. The van der Waals surface area contributed by atoms with Gasteiger partial charge in [-0.25, -0.2) is 4.79 Å². The van der Waals surface area contributed by atoms with Crippen LogP contribution in [0.3, 0.4) is 0 Å². The number of allylic oxidation sites excluding steroid dienone is 3. The van der Waals surface area contributed by atoms with Crippen LogP contribution in [0, 0.1) is 0 Å². The van der Waals surface area contributed by atoms with Crippen molar-refractivity contribution in [3.63, 3.8) is 0 Å². The van der Waals surface area contributed by atoms with Gasteiger partial charge < -0.3 is 14.9 Å². The maximum Gasteiger partial charge on any atom is 0.343 e. The maximum absolute atomic E-state index is 11.4. The van der Waals surface area contributed by atoms with Gasteiger partial charge in [-0.3, -0.25) is 0 Å². The summed E-state index contributed by atoms with van der Waals surface area (Å²) in [6.45, 7) is 1.56. The third-order valence-electron chi connectivity index (χ3n) is 2.04. The lowest BCUT2D eigenvalue weighted by Gasteiger charge is -1.97. The molecule has 4 nitrogen and oxygen atoms in total. The first-order valence-corrected chi connectivity index (χ1v) is 4.88. The molecule has 1 rings (SSSR count). The molecule has 1 heterocycles. The molecule has 1 aliphatic rings. The third kappa shape index (κ3) is 3.18. The minimum atomic E-state index is -0.425. The second-order valence-electron chi connectivity index (χ2n) is 3.20. The summed E-state index contributed by atoms with van der Waals surface area (Å²) in [5, 5.41) is 17.2. The van der Waals surface area contributed by atoms with Gasteiger partial charge >= 0.3 is 5.97 Å². The molecule has 0 aromatic heterocycles. The third-order valence-corrected chi connectivity index (χ3v) is 2.04. The van der Waals surface area contributed by atoms with Gasteiger partial charge in [0.05, 0.1) is 18.8 Å². The fourth-order valence-corrected chi connectivity index (χ4v) is 1.22. The number of carbonyl (C=O) groups excluding carboxylic acids is 1. The molecule has 0 saturated heterocycles. The monoisotopic (exact) mass is 222 g/mol. The molecular formula is C12H14O4. The highest BCUT2D eigenvalue weighted by molar-refractivity contribution is 5.97. The first kappa shape index (κ1) is 12.4. The van der Waals surface area contributed by atoms with Gasteiger partial charge in [-0.15, -0.1) is 0 Å². The van der Waals surface area contributed by atoms with Crippen molar-refractivity contribution in [2.24, 2.45) is 0 Å². The molecule has 0 spiro atoms. The van der Waals surface area contributed by atoms with E-state index in [1.54, 1.807) is 31.2 Å². The van der Waals surface area contributed by atoms with Gasteiger partial charge in [-0.1, -0.05) is 18.2 Å². The van der Waals surface area contributed by atoms with Gasteiger partial charge in [-0.2, -0.15) is 0 Å². The predicted octanol–water partition coefficient (Wildman–Crippen LogP) is 0.841. The van der Waals surface area contributed by atoms with Crippen molar-refractivity contribution in [3.8, 4) is 0 Å². The SMILES string of the molecule is C/C(=C\CO)C1=C/C(=C/C=C/CO)OC1=O. The molecule has 0 saturated carbocycles. The fraction of sp³-hybridized carbons (Fsp3) is 0.250. The number of aliphatic hydroxyl groups excluding tert-OH is 2. The lowest BCUT2D eigenvalue weighted by Crippen LogP contribution is -2.00. The van der Waals surface area contributed by atoms with Crippen LogP contribution in [0.4, 0.5) is 0 Å². The minimum Gasteiger partial charge on any atom is -0.423 e. The van der Waals surface area contributed by atoms with E-state index in [4.69, 9.17) is 14.9 Å². The Hall–Kier alpha value is -1.65. The van der Waals surface area contributed by atoms with Crippen molar-refractivity contribution in [2.45, 2.75) is 6.92 Å². The first-order chi connectivity index (χ1) is 7.69. The normalized spacial score (nSPS) is 19.4. The standard InChI is InChI=1S/C12H14O4/c1-9(5-7-14)11-8-10(16-12(11)15)4-2-3-6-13/h2-5,8,13-14H,6-7H2,1H3/b3-2+,9-5+,10-4-. The van der Waals surface area contributed by atoms with Crippen molar-refractivity contribution in [3.05, 3.63) is 47.3 Å². The van der Waals surface area contributed by atoms with Gasteiger partial charge in [0.15, 0.2) is 0 Å². The van der Waals surface area contributed by atoms with E-state index < -0.39 is 5.97 Å². The number of cyclic esters (lactones) is 1. The molecule has 0 atom stereocenters. The highest BCUT2D eigenvalue weighted by Gasteiger charge is 2.21. The second-order valence-corrected chi connectivity index (χ2v) is 3.20. The van der Waals surface area contributed by atoms with Gasteiger partial charge in [0, 0.05) is 0 Å². The molecule has 4 heteroatoms. The van der Waals surface area contributed by atoms with Crippen molar-refractivity contribution >= 4 is 5.97 Å². The quantitative estimate of drug-likeness (QED) is 0.692. The second kappa shape index (κ2) is 6.05. The molecule has 16 heavy (non-hydrogen) atoms. The average molecular weight is 222 g/mol. The predicted molar refractivity (Wildman–Crippen MR) is 59.3 cm³/mol. The van der Waals surface area contributed by atoms with E-state index in [9.17, 15) is 4.79 Å². The Morgan fingerprint density at radius 3 is 2.81 bits per heavy atom. The van der Waals surface area contributed by atoms with Crippen LogP contribution in [0.5, 0.6) is 0 Å². The van der Waals surface area contributed by atoms with Crippen LogP contribution < -0.4 is 0 Å². The van der Waals surface area contributed by atoms with Crippen LogP contribution >= 0.6 is 0 Å². The van der Waals surface area contributed by atoms with Crippen LogP contribution in [0.15, 0.2) is 47.3 Å². The Balaban J connectivity index is 2.84. The molecule has 0 bridgehead atoms. The molecule has 0 unspecified atom stereocenters. The molecule has 0 aliphatic carbocycles. The summed E-state index contributed by atoms with van der Waals surface area (Å²) in [5.74, 6) is 0.00115. The van der Waals surface area contributed by atoms with Gasteiger partial charge in [-0.05, 0) is 24.6 Å². The average Bonchev–Trinajstić information content (AvgIpc) is 2.61. The van der Waals surface area contributed by atoms with E-state index in [0.717, 1.165) is 0 Å². The summed E-state index contributed by atoms with van der Waals surface area (Å²) < 4.78 is 4.96. The van der Waals surface area contributed by atoms with Crippen LogP contribution in [0.1, 0.15) is 6.92 Å². The Bertz CT molecular complexity index is 386. The van der Waals surface area contributed by atoms with Gasteiger partial charge in [0.1, 0.15) is 5.76 Å². The van der Waals surface area contributed by atoms with Crippen LogP contribution in [0.2, 0.25) is 0 Å². The van der Waals surface area contributed by atoms with Gasteiger partial charge in [0.2, 0.25) is 0 Å². The number of aliphatic hydroxyl groups is 2. The number of esters is 1. The summed E-state index contributed by atoms with van der Waals surface area (Å²) in [7, 11) is 0. The highest BCUT2D eigenvalue weighted by atomic mass is 16.5. The van der Waals surface area contributed by atoms with Crippen molar-refractivity contribution in [1.29, 1.82) is 0 Å². The Labute approximate surface area is 93.9 Å². The lowest BCUT2D eigenvalue weighted by atomic mass is 10.1. The van der Waals surface area contributed by atoms with Crippen molar-refractivity contribution in [2.75, 3.05) is 13.2 Å². The van der Waals surface area contributed by atoms with Crippen LogP contribution in [-0.4, -0.2) is 29.4 Å². The van der Waals surface area contributed by atoms with E-state index >= 15 is 0 Å². The largest absolute Gasteiger partial charge is 0.423 e. The summed E-state index contributed by atoms with van der Waals surface area (Å²) in [5.41, 5.74) is 1.12. The zero-order chi connectivity index (χ0) is 12.0. The molecule has 0 fully saturated rings. The Kier molecular flexibility index (Phi) is 4.69. The van der Waals surface area contributed by atoms with E-state index in [1.165, 1.54) is 6.08 Å². The first-order valence-electron chi connectivity index (χ1n) is 4.88. The molecule has 1 aliphatic heterocycles. The number of rotatable bonds is 4. The minimum absolute atomic E-state index is 0.0578. The van der Waals surface area contributed by atoms with Crippen molar-refractivity contribution < 1.29 is 19.7 Å². The Morgan fingerprint density at radius 1 is 1.44 bits per heavy atom. The topological polar surface area (TPSA) is 66.8 Å². The zero-order valence-electron chi connectivity index (χ0n) is 9.01. The molecule has 86 valence electrons. The number of hydrogen-bond acceptors (Lipinski definition) is 4. The number of carbonyl (C=O) groups is 1. The van der Waals surface area contributed by atoms with E-state index in [-0.39, 0.29) is 13.2 Å². The summed E-state index contributed by atoms with van der Waals surface area (Å²) in [4.78, 5) is 11.4. The molecule has 0 radical (unpaired) electrons. The highest BCUT2D eigenvalue weighted by Crippen LogP contribution is 2.22. The molecule has 2 N–H and O–H groups in total. The molecular weight excluding hydrogens is 208 g/mol. The number of ether oxygens (including phenoxy) is 1. The smallest absolute Gasteiger partial charge is 0.343 e.